The second kappa shape index (κ2) is 5.17. The fourth-order valence-corrected chi connectivity index (χ4v) is 2.02. The Labute approximate surface area is 103 Å². The van der Waals surface area contributed by atoms with Gasteiger partial charge < -0.3 is 14.8 Å². The van der Waals surface area contributed by atoms with Crippen LogP contribution in [-0.2, 0) is 15.9 Å². The van der Waals surface area contributed by atoms with Gasteiger partial charge in [0.1, 0.15) is 6.10 Å². The maximum Gasteiger partial charge on any atom is 0.163 e. The minimum atomic E-state index is -0.449. The first-order chi connectivity index (χ1) is 8.11. The maximum atomic E-state index is 5.82. The largest absolute Gasteiger partial charge is 0.347 e. The first-order valence-electron chi connectivity index (χ1n) is 6.16. The molecule has 1 unspecified atom stereocenters. The molecular weight excluding hydrogens is 214 g/mol. The Balaban J connectivity index is 1.98. The van der Waals surface area contributed by atoms with E-state index in [1.54, 1.807) is 0 Å². The zero-order valence-corrected chi connectivity index (χ0v) is 10.8. The van der Waals surface area contributed by atoms with Crippen molar-refractivity contribution in [1.82, 2.24) is 5.32 Å². The minimum absolute atomic E-state index is 0.0725. The summed E-state index contributed by atoms with van der Waals surface area (Å²) in [5.74, 6) is -0.449. The van der Waals surface area contributed by atoms with Gasteiger partial charge in [-0.25, -0.2) is 0 Å². The van der Waals surface area contributed by atoms with E-state index in [1.165, 1.54) is 11.1 Å². The number of rotatable bonds is 4. The molecule has 0 aromatic heterocycles. The summed E-state index contributed by atoms with van der Waals surface area (Å²) >= 11 is 0. The SMILES string of the molecule is CNCCc1ccc(C2COC(C)(C)O2)cc1. The summed E-state index contributed by atoms with van der Waals surface area (Å²) < 4.78 is 11.4. The molecule has 0 radical (unpaired) electrons. The van der Waals surface area contributed by atoms with Gasteiger partial charge in [-0.2, -0.15) is 0 Å². The van der Waals surface area contributed by atoms with Crippen LogP contribution >= 0.6 is 0 Å². The predicted molar refractivity (Wildman–Crippen MR) is 67.9 cm³/mol. The van der Waals surface area contributed by atoms with Gasteiger partial charge in [0.05, 0.1) is 6.61 Å². The molecule has 3 heteroatoms. The van der Waals surface area contributed by atoms with E-state index in [1.807, 2.05) is 20.9 Å². The second-order valence-electron chi connectivity index (χ2n) is 4.91. The Morgan fingerprint density at radius 3 is 2.53 bits per heavy atom. The summed E-state index contributed by atoms with van der Waals surface area (Å²) in [4.78, 5) is 0. The molecule has 1 aliphatic rings. The Hall–Kier alpha value is -0.900. The Kier molecular flexibility index (Phi) is 3.82. The molecule has 1 aromatic rings. The Bertz CT molecular complexity index is 359. The van der Waals surface area contributed by atoms with Crippen molar-refractivity contribution in [3.63, 3.8) is 0 Å². The lowest BCUT2D eigenvalue weighted by atomic mass is 10.1. The van der Waals surface area contributed by atoms with E-state index < -0.39 is 5.79 Å². The highest BCUT2D eigenvalue weighted by Gasteiger charge is 2.33. The van der Waals surface area contributed by atoms with Gasteiger partial charge in [-0.15, -0.1) is 0 Å². The van der Waals surface area contributed by atoms with Crippen LogP contribution in [0.4, 0.5) is 0 Å². The fraction of sp³-hybridized carbons (Fsp3) is 0.571. The lowest BCUT2D eigenvalue weighted by Gasteiger charge is -2.17. The average Bonchev–Trinajstić information content (AvgIpc) is 2.68. The number of hydrogen-bond acceptors (Lipinski definition) is 3. The van der Waals surface area contributed by atoms with Crippen LogP contribution in [-0.4, -0.2) is 26.0 Å². The number of benzene rings is 1. The summed E-state index contributed by atoms with van der Waals surface area (Å²) in [6, 6.07) is 8.61. The molecule has 0 aliphatic carbocycles. The predicted octanol–water partition coefficient (Wildman–Crippen LogP) is 2.27. The molecule has 0 amide bonds. The third-order valence-electron chi connectivity index (χ3n) is 3.02. The smallest absolute Gasteiger partial charge is 0.163 e. The molecule has 0 saturated carbocycles. The summed E-state index contributed by atoms with van der Waals surface area (Å²) in [6.45, 7) is 5.56. The van der Waals surface area contributed by atoms with Crippen molar-refractivity contribution in [3.05, 3.63) is 35.4 Å². The standard InChI is InChI=1S/C14H21NO2/c1-14(2)16-10-13(17-14)12-6-4-11(5-7-12)8-9-15-3/h4-7,13,15H,8-10H2,1-3H3. The molecule has 1 atom stereocenters. The van der Waals surface area contributed by atoms with Crippen LogP contribution in [0.5, 0.6) is 0 Å². The highest BCUT2D eigenvalue weighted by molar-refractivity contribution is 5.25. The van der Waals surface area contributed by atoms with Crippen LogP contribution in [0, 0.1) is 0 Å². The van der Waals surface area contributed by atoms with Crippen molar-refractivity contribution in [3.8, 4) is 0 Å². The van der Waals surface area contributed by atoms with E-state index in [9.17, 15) is 0 Å². The van der Waals surface area contributed by atoms with Crippen LogP contribution in [0.15, 0.2) is 24.3 Å². The topological polar surface area (TPSA) is 30.5 Å². The molecule has 0 spiro atoms. The molecular formula is C14H21NO2. The van der Waals surface area contributed by atoms with Crippen molar-refractivity contribution in [1.29, 1.82) is 0 Å². The third-order valence-corrected chi connectivity index (χ3v) is 3.02. The van der Waals surface area contributed by atoms with Crippen molar-refractivity contribution in [2.75, 3.05) is 20.2 Å². The van der Waals surface area contributed by atoms with E-state index in [2.05, 4.69) is 29.6 Å². The third kappa shape index (κ3) is 3.28. The zero-order valence-electron chi connectivity index (χ0n) is 10.8. The van der Waals surface area contributed by atoms with Crippen LogP contribution in [0.1, 0.15) is 31.1 Å². The van der Waals surface area contributed by atoms with Crippen LogP contribution < -0.4 is 5.32 Å². The molecule has 1 fully saturated rings. The molecule has 0 bridgehead atoms. The number of nitrogens with one attached hydrogen (secondary N) is 1. The van der Waals surface area contributed by atoms with Crippen molar-refractivity contribution in [2.45, 2.75) is 32.2 Å². The summed E-state index contributed by atoms with van der Waals surface area (Å²) in [5, 5.41) is 3.15. The highest BCUT2D eigenvalue weighted by Crippen LogP contribution is 2.32. The van der Waals surface area contributed by atoms with Gasteiger partial charge in [-0.3, -0.25) is 0 Å². The van der Waals surface area contributed by atoms with E-state index in [0.717, 1.165) is 13.0 Å². The first kappa shape index (κ1) is 12.6. The minimum Gasteiger partial charge on any atom is -0.347 e. The molecule has 1 heterocycles. The lowest BCUT2D eigenvalue weighted by Crippen LogP contribution is -2.19. The van der Waals surface area contributed by atoms with Crippen molar-refractivity contribution in [2.24, 2.45) is 0 Å². The van der Waals surface area contributed by atoms with Crippen molar-refractivity contribution >= 4 is 0 Å². The normalized spacial score (nSPS) is 22.9. The zero-order chi connectivity index (χ0) is 12.3. The number of hydrogen-bond donors (Lipinski definition) is 1. The lowest BCUT2D eigenvalue weighted by molar-refractivity contribution is -0.139. The summed E-state index contributed by atoms with van der Waals surface area (Å²) in [6.07, 6.45) is 1.13. The molecule has 94 valence electrons. The van der Waals surface area contributed by atoms with E-state index in [4.69, 9.17) is 9.47 Å². The molecule has 1 aliphatic heterocycles. The van der Waals surface area contributed by atoms with Gasteiger partial charge in [-0.1, -0.05) is 24.3 Å². The number of likely N-dealkylation sites (N-methyl/N-ethyl adjacent to an activating group) is 1. The van der Waals surface area contributed by atoms with Crippen LogP contribution in [0.2, 0.25) is 0 Å². The molecule has 3 nitrogen and oxygen atoms in total. The summed E-state index contributed by atoms with van der Waals surface area (Å²) in [7, 11) is 1.97. The van der Waals surface area contributed by atoms with Crippen LogP contribution in [0.3, 0.4) is 0 Å². The monoisotopic (exact) mass is 235 g/mol. The molecule has 1 aromatic carbocycles. The Morgan fingerprint density at radius 2 is 2.00 bits per heavy atom. The quantitative estimate of drug-likeness (QED) is 0.868. The highest BCUT2D eigenvalue weighted by atomic mass is 16.7. The Morgan fingerprint density at radius 1 is 1.29 bits per heavy atom. The summed E-state index contributed by atoms with van der Waals surface area (Å²) in [5.41, 5.74) is 2.55. The van der Waals surface area contributed by atoms with Gasteiger partial charge in [0.25, 0.3) is 0 Å². The van der Waals surface area contributed by atoms with Gasteiger partial charge in [0, 0.05) is 0 Å². The molecule has 17 heavy (non-hydrogen) atoms. The van der Waals surface area contributed by atoms with E-state index in [-0.39, 0.29) is 6.10 Å². The fourth-order valence-electron chi connectivity index (χ4n) is 2.02. The first-order valence-corrected chi connectivity index (χ1v) is 6.16. The van der Waals surface area contributed by atoms with Gasteiger partial charge in [-0.05, 0) is 45.0 Å². The van der Waals surface area contributed by atoms with E-state index >= 15 is 0 Å². The maximum absolute atomic E-state index is 5.82. The molecule has 1 N–H and O–H groups in total. The van der Waals surface area contributed by atoms with Gasteiger partial charge in [0.2, 0.25) is 0 Å². The van der Waals surface area contributed by atoms with E-state index in [0.29, 0.717) is 6.61 Å². The van der Waals surface area contributed by atoms with Crippen molar-refractivity contribution < 1.29 is 9.47 Å². The van der Waals surface area contributed by atoms with Crippen LogP contribution in [0.25, 0.3) is 0 Å². The van der Waals surface area contributed by atoms with Gasteiger partial charge in [0.15, 0.2) is 5.79 Å². The molecule has 1 saturated heterocycles. The molecule has 2 rings (SSSR count). The second-order valence-corrected chi connectivity index (χ2v) is 4.91. The average molecular weight is 235 g/mol. The number of ether oxygens (including phenoxy) is 2. The van der Waals surface area contributed by atoms with Gasteiger partial charge >= 0.3 is 0 Å².